The van der Waals surface area contributed by atoms with Crippen LogP contribution < -0.4 is 10.5 Å². The fourth-order valence-electron chi connectivity index (χ4n) is 3.52. The first-order chi connectivity index (χ1) is 13.4. The average molecular weight is 404 g/mol. The molecule has 0 radical (unpaired) electrons. The van der Waals surface area contributed by atoms with E-state index in [0.717, 1.165) is 24.1 Å². The minimum Gasteiger partial charge on any atom is -0.311 e. The third-order valence-electron chi connectivity index (χ3n) is 5.02. The normalized spacial score (nSPS) is 14.2. The highest BCUT2D eigenvalue weighted by Gasteiger charge is 2.25. The van der Waals surface area contributed by atoms with Gasteiger partial charge in [-0.25, -0.2) is 8.42 Å². The highest BCUT2D eigenvalue weighted by atomic mass is 32.2. The summed E-state index contributed by atoms with van der Waals surface area (Å²) in [7, 11) is -3.70. The SMILES string of the molecule is CCN(CC)S(=O)(=O)c1ccc(=O)n(CC(=O)N2CCCc3ccccc32)c1. The number of nitrogens with zero attached hydrogens (tertiary/aromatic N) is 3. The van der Waals surface area contributed by atoms with E-state index in [-0.39, 0.29) is 17.3 Å². The zero-order valence-corrected chi connectivity index (χ0v) is 17.0. The quantitative estimate of drug-likeness (QED) is 0.737. The number of carbonyl (C=O) groups excluding carboxylic acids is 1. The number of hydrogen-bond donors (Lipinski definition) is 0. The van der Waals surface area contributed by atoms with E-state index < -0.39 is 15.6 Å². The molecule has 0 aliphatic carbocycles. The number of rotatable bonds is 6. The fourth-order valence-corrected chi connectivity index (χ4v) is 5.00. The number of para-hydroxylation sites is 1. The molecule has 1 aliphatic rings. The standard InChI is InChI=1S/C20H25N3O4S/c1-3-22(4-2)28(26,27)17-11-12-19(24)21(14-17)15-20(25)23-13-7-9-16-8-5-6-10-18(16)23/h5-6,8,10-12,14H,3-4,7,9,13,15H2,1-2H3. The molecule has 1 aromatic heterocycles. The molecule has 2 heterocycles. The van der Waals surface area contributed by atoms with Gasteiger partial charge in [-0.05, 0) is 30.5 Å². The van der Waals surface area contributed by atoms with Gasteiger partial charge in [0.25, 0.3) is 5.56 Å². The minimum atomic E-state index is -3.70. The summed E-state index contributed by atoms with van der Waals surface area (Å²) in [4.78, 5) is 26.8. The first kappa shape index (κ1) is 20.3. The number of benzene rings is 1. The number of pyridine rings is 1. The highest BCUT2D eigenvalue weighted by Crippen LogP contribution is 2.26. The topological polar surface area (TPSA) is 79.7 Å². The van der Waals surface area contributed by atoms with Crippen LogP contribution in [0.3, 0.4) is 0 Å². The molecular formula is C20H25N3O4S. The van der Waals surface area contributed by atoms with Crippen LogP contribution in [0.15, 0.2) is 52.3 Å². The van der Waals surface area contributed by atoms with Gasteiger partial charge in [-0.1, -0.05) is 32.0 Å². The van der Waals surface area contributed by atoms with Crippen LogP contribution in [0.5, 0.6) is 0 Å². The molecule has 0 saturated carbocycles. The fraction of sp³-hybridized carbons (Fsp3) is 0.400. The van der Waals surface area contributed by atoms with Crippen LogP contribution in [0.4, 0.5) is 5.69 Å². The van der Waals surface area contributed by atoms with E-state index in [1.54, 1.807) is 18.7 Å². The van der Waals surface area contributed by atoms with Gasteiger partial charge >= 0.3 is 0 Å². The Morgan fingerprint density at radius 2 is 1.82 bits per heavy atom. The van der Waals surface area contributed by atoms with Gasteiger partial charge in [0.05, 0.1) is 4.90 Å². The minimum absolute atomic E-state index is 0.0163. The van der Waals surface area contributed by atoms with Crippen molar-refractivity contribution >= 4 is 21.6 Å². The number of aryl methyl sites for hydroxylation is 1. The predicted octanol–water partition coefficient (Wildman–Crippen LogP) is 1.86. The van der Waals surface area contributed by atoms with Gasteiger partial charge in [0.2, 0.25) is 15.9 Å². The van der Waals surface area contributed by atoms with Crippen molar-refractivity contribution in [2.75, 3.05) is 24.5 Å². The van der Waals surface area contributed by atoms with E-state index in [0.29, 0.717) is 19.6 Å². The molecule has 1 aromatic carbocycles. The van der Waals surface area contributed by atoms with E-state index in [1.807, 2.05) is 24.3 Å². The maximum absolute atomic E-state index is 12.9. The zero-order valence-electron chi connectivity index (χ0n) is 16.2. The Hall–Kier alpha value is -2.45. The third kappa shape index (κ3) is 3.88. The zero-order chi connectivity index (χ0) is 20.3. The lowest BCUT2D eigenvalue weighted by Crippen LogP contribution is -2.39. The second-order valence-electron chi connectivity index (χ2n) is 6.70. The van der Waals surface area contributed by atoms with E-state index >= 15 is 0 Å². The number of aromatic nitrogens is 1. The maximum atomic E-state index is 12.9. The van der Waals surface area contributed by atoms with E-state index in [4.69, 9.17) is 0 Å². The maximum Gasteiger partial charge on any atom is 0.251 e. The van der Waals surface area contributed by atoms with Crippen LogP contribution in [-0.4, -0.2) is 42.8 Å². The van der Waals surface area contributed by atoms with Crippen molar-refractivity contribution in [3.63, 3.8) is 0 Å². The summed E-state index contributed by atoms with van der Waals surface area (Å²) in [6.45, 7) is 4.57. The third-order valence-corrected chi connectivity index (χ3v) is 7.05. The first-order valence-electron chi connectivity index (χ1n) is 9.47. The molecular weight excluding hydrogens is 378 g/mol. The second-order valence-corrected chi connectivity index (χ2v) is 8.64. The molecule has 0 saturated heterocycles. The number of anilines is 1. The Kier molecular flexibility index (Phi) is 6.00. The molecule has 150 valence electrons. The van der Waals surface area contributed by atoms with Crippen LogP contribution >= 0.6 is 0 Å². The number of hydrogen-bond acceptors (Lipinski definition) is 4. The van der Waals surface area contributed by atoms with Crippen LogP contribution in [0.2, 0.25) is 0 Å². The predicted molar refractivity (Wildman–Crippen MR) is 108 cm³/mol. The highest BCUT2D eigenvalue weighted by molar-refractivity contribution is 7.89. The van der Waals surface area contributed by atoms with Crippen molar-refractivity contribution in [1.29, 1.82) is 0 Å². The van der Waals surface area contributed by atoms with Crippen molar-refractivity contribution in [2.24, 2.45) is 0 Å². The van der Waals surface area contributed by atoms with Gasteiger partial charge in [0.1, 0.15) is 6.54 Å². The van der Waals surface area contributed by atoms with Gasteiger partial charge in [-0.15, -0.1) is 0 Å². The molecule has 0 N–H and O–H groups in total. The molecule has 3 rings (SSSR count). The summed E-state index contributed by atoms with van der Waals surface area (Å²) in [5, 5.41) is 0. The van der Waals surface area contributed by atoms with Crippen LogP contribution in [-0.2, 0) is 27.8 Å². The molecule has 8 heteroatoms. The summed E-state index contributed by atoms with van der Waals surface area (Å²) in [6.07, 6.45) is 3.04. The van der Waals surface area contributed by atoms with E-state index in [1.165, 1.54) is 27.2 Å². The number of sulfonamides is 1. The Labute approximate surface area is 165 Å². The van der Waals surface area contributed by atoms with Crippen molar-refractivity contribution in [1.82, 2.24) is 8.87 Å². The summed E-state index contributed by atoms with van der Waals surface area (Å²) in [5.41, 5.74) is 1.56. The molecule has 28 heavy (non-hydrogen) atoms. The van der Waals surface area contributed by atoms with Crippen LogP contribution in [0, 0.1) is 0 Å². The molecule has 1 aliphatic heterocycles. The monoisotopic (exact) mass is 403 g/mol. The number of fused-ring (bicyclic) bond motifs is 1. The van der Waals surface area contributed by atoms with Gasteiger partial charge in [-0.3, -0.25) is 9.59 Å². The van der Waals surface area contributed by atoms with E-state index in [9.17, 15) is 18.0 Å². The molecule has 7 nitrogen and oxygen atoms in total. The smallest absolute Gasteiger partial charge is 0.251 e. The molecule has 0 fully saturated rings. The van der Waals surface area contributed by atoms with Gasteiger partial charge in [0, 0.05) is 37.6 Å². The summed E-state index contributed by atoms with van der Waals surface area (Å²) >= 11 is 0. The van der Waals surface area contributed by atoms with Crippen molar-refractivity contribution in [3.8, 4) is 0 Å². The van der Waals surface area contributed by atoms with Crippen molar-refractivity contribution in [3.05, 3.63) is 58.5 Å². The Morgan fingerprint density at radius 3 is 2.54 bits per heavy atom. The Morgan fingerprint density at radius 1 is 1.11 bits per heavy atom. The average Bonchev–Trinajstić information content (AvgIpc) is 2.69. The van der Waals surface area contributed by atoms with Crippen LogP contribution in [0.25, 0.3) is 0 Å². The number of carbonyl (C=O) groups is 1. The molecule has 0 bridgehead atoms. The molecule has 1 amide bonds. The summed E-state index contributed by atoms with van der Waals surface area (Å²) in [5.74, 6) is -0.230. The van der Waals surface area contributed by atoms with Gasteiger partial charge < -0.3 is 9.47 Å². The summed E-state index contributed by atoms with van der Waals surface area (Å²) < 4.78 is 27.9. The molecule has 0 atom stereocenters. The lowest BCUT2D eigenvalue weighted by molar-refractivity contribution is -0.119. The first-order valence-corrected chi connectivity index (χ1v) is 10.9. The lowest BCUT2D eigenvalue weighted by atomic mass is 10.0. The Balaban J connectivity index is 1.90. The molecule has 2 aromatic rings. The number of amides is 1. The van der Waals surface area contributed by atoms with Gasteiger partial charge in [0.15, 0.2) is 0 Å². The lowest BCUT2D eigenvalue weighted by Gasteiger charge is -2.29. The van der Waals surface area contributed by atoms with Crippen molar-refractivity contribution < 1.29 is 13.2 Å². The molecule has 0 unspecified atom stereocenters. The van der Waals surface area contributed by atoms with Crippen molar-refractivity contribution in [2.45, 2.75) is 38.1 Å². The van der Waals surface area contributed by atoms with Crippen LogP contribution in [0.1, 0.15) is 25.8 Å². The van der Waals surface area contributed by atoms with Gasteiger partial charge in [-0.2, -0.15) is 4.31 Å². The largest absolute Gasteiger partial charge is 0.311 e. The second kappa shape index (κ2) is 8.28. The van der Waals surface area contributed by atoms with E-state index in [2.05, 4.69) is 0 Å². The molecule has 0 spiro atoms. The summed E-state index contributed by atoms with van der Waals surface area (Å²) in [6, 6.07) is 10.2. The Bertz CT molecular complexity index is 1030.